The highest BCUT2D eigenvalue weighted by atomic mass is 16.3. The van der Waals surface area contributed by atoms with E-state index in [2.05, 4.69) is 25.7 Å². The molecule has 0 aromatic heterocycles. The van der Waals surface area contributed by atoms with E-state index in [4.69, 9.17) is 5.11 Å². The molecule has 12 heavy (non-hydrogen) atoms. The second-order valence-electron chi connectivity index (χ2n) is 5.13. The Morgan fingerprint density at radius 3 is 2.50 bits per heavy atom. The summed E-state index contributed by atoms with van der Waals surface area (Å²) in [6.45, 7) is 10.6. The zero-order valence-electron chi connectivity index (χ0n) is 8.51. The van der Waals surface area contributed by atoms with Crippen LogP contribution in [0.1, 0.15) is 27.2 Å². The predicted molar refractivity (Wildman–Crippen MR) is 51.1 cm³/mol. The molecule has 0 spiro atoms. The molecular weight excluding hydrogens is 150 g/mol. The third kappa shape index (κ3) is 3.11. The van der Waals surface area contributed by atoms with Gasteiger partial charge in [0.25, 0.3) is 0 Å². The van der Waals surface area contributed by atoms with Gasteiger partial charge in [-0.2, -0.15) is 0 Å². The molecule has 1 N–H and O–H groups in total. The van der Waals surface area contributed by atoms with Crippen LogP contribution in [0.2, 0.25) is 0 Å². The van der Waals surface area contributed by atoms with E-state index in [9.17, 15) is 0 Å². The molecule has 0 bridgehead atoms. The van der Waals surface area contributed by atoms with Crippen LogP contribution in [0.3, 0.4) is 0 Å². The molecule has 0 aromatic rings. The average molecular weight is 171 g/mol. The number of aliphatic hydroxyl groups excluding tert-OH is 1. The van der Waals surface area contributed by atoms with Crippen molar-refractivity contribution in [2.45, 2.75) is 27.2 Å². The van der Waals surface area contributed by atoms with Crippen molar-refractivity contribution in [3.63, 3.8) is 0 Å². The summed E-state index contributed by atoms with van der Waals surface area (Å²) in [4.78, 5) is 2.46. The minimum atomic E-state index is 0.362. The van der Waals surface area contributed by atoms with Gasteiger partial charge in [-0.25, -0.2) is 0 Å². The molecule has 0 aromatic carbocycles. The van der Waals surface area contributed by atoms with Gasteiger partial charge in [-0.15, -0.1) is 0 Å². The Bertz CT molecular complexity index is 139. The summed E-state index contributed by atoms with van der Waals surface area (Å²) < 4.78 is 0. The number of nitrogens with zero attached hydrogens (tertiary/aromatic N) is 1. The van der Waals surface area contributed by atoms with Gasteiger partial charge >= 0.3 is 0 Å². The molecule has 0 unspecified atom stereocenters. The Morgan fingerprint density at radius 2 is 2.08 bits per heavy atom. The van der Waals surface area contributed by atoms with Gasteiger partial charge in [0.15, 0.2) is 0 Å². The Labute approximate surface area is 75.6 Å². The fourth-order valence-corrected chi connectivity index (χ4v) is 1.88. The molecule has 1 aliphatic rings. The summed E-state index contributed by atoms with van der Waals surface area (Å²) >= 11 is 0. The second kappa shape index (κ2) is 3.75. The molecule has 1 fully saturated rings. The van der Waals surface area contributed by atoms with E-state index in [0.29, 0.717) is 17.9 Å². The van der Waals surface area contributed by atoms with Crippen LogP contribution in [0.5, 0.6) is 0 Å². The van der Waals surface area contributed by atoms with Crippen LogP contribution in [0.25, 0.3) is 0 Å². The van der Waals surface area contributed by atoms with Gasteiger partial charge in [0.05, 0.1) is 0 Å². The van der Waals surface area contributed by atoms with Gasteiger partial charge in [-0.05, 0) is 24.3 Å². The monoisotopic (exact) mass is 171 g/mol. The molecule has 1 atom stereocenters. The molecule has 1 rings (SSSR count). The van der Waals surface area contributed by atoms with Gasteiger partial charge in [-0.3, -0.25) is 0 Å². The molecule has 72 valence electrons. The topological polar surface area (TPSA) is 23.5 Å². The highest BCUT2D eigenvalue weighted by Gasteiger charge is 2.24. The van der Waals surface area contributed by atoms with Gasteiger partial charge in [0.1, 0.15) is 0 Å². The van der Waals surface area contributed by atoms with Gasteiger partial charge in [0.2, 0.25) is 0 Å². The number of hydrogen-bond donors (Lipinski definition) is 1. The van der Waals surface area contributed by atoms with Crippen LogP contribution in [0.4, 0.5) is 0 Å². The second-order valence-corrected chi connectivity index (χ2v) is 5.13. The lowest BCUT2D eigenvalue weighted by Crippen LogP contribution is -2.31. The van der Waals surface area contributed by atoms with E-state index in [0.717, 1.165) is 13.1 Å². The van der Waals surface area contributed by atoms with Gasteiger partial charge < -0.3 is 10.0 Å². The van der Waals surface area contributed by atoms with Crippen molar-refractivity contribution in [1.29, 1.82) is 0 Å². The Balaban J connectivity index is 2.28. The maximum Gasteiger partial charge on any atom is 0.0471 e. The third-order valence-corrected chi connectivity index (χ3v) is 2.33. The highest BCUT2D eigenvalue weighted by molar-refractivity contribution is 4.78. The molecule has 1 saturated heterocycles. The highest BCUT2D eigenvalue weighted by Crippen LogP contribution is 2.21. The third-order valence-electron chi connectivity index (χ3n) is 2.33. The number of aliphatic hydroxyl groups is 1. The van der Waals surface area contributed by atoms with Crippen molar-refractivity contribution in [2.24, 2.45) is 11.3 Å². The number of likely N-dealkylation sites (tertiary alicyclic amines) is 1. The van der Waals surface area contributed by atoms with Crippen molar-refractivity contribution in [3.8, 4) is 0 Å². The molecule has 2 nitrogen and oxygen atoms in total. The predicted octanol–water partition coefficient (Wildman–Crippen LogP) is 1.35. The van der Waals surface area contributed by atoms with Crippen molar-refractivity contribution in [2.75, 3.05) is 26.2 Å². The molecule has 1 heterocycles. The Kier molecular flexibility index (Phi) is 3.13. The van der Waals surface area contributed by atoms with Crippen molar-refractivity contribution < 1.29 is 5.11 Å². The molecule has 0 saturated carbocycles. The first-order chi connectivity index (χ1) is 5.51. The van der Waals surface area contributed by atoms with E-state index >= 15 is 0 Å². The van der Waals surface area contributed by atoms with E-state index in [1.54, 1.807) is 0 Å². The van der Waals surface area contributed by atoms with Crippen molar-refractivity contribution in [1.82, 2.24) is 4.90 Å². The summed E-state index contributed by atoms with van der Waals surface area (Å²) in [5.41, 5.74) is 0.393. The van der Waals surface area contributed by atoms with Crippen LogP contribution in [-0.2, 0) is 0 Å². The lowest BCUT2D eigenvalue weighted by atomic mass is 9.96. The van der Waals surface area contributed by atoms with E-state index in [1.165, 1.54) is 13.0 Å². The lowest BCUT2D eigenvalue weighted by Gasteiger charge is -2.26. The lowest BCUT2D eigenvalue weighted by molar-refractivity contribution is 0.194. The quantitative estimate of drug-likeness (QED) is 0.678. The summed E-state index contributed by atoms with van der Waals surface area (Å²) in [6.07, 6.45) is 1.17. The Morgan fingerprint density at radius 1 is 1.42 bits per heavy atom. The standard InChI is InChI=1S/C10H21NO/c1-10(2,3)8-11-5-4-9(6-11)7-12/h9,12H,4-8H2,1-3H3/t9-/m0/s1. The van der Waals surface area contributed by atoms with Crippen LogP contribution in [-0.4, -0.2) is 36.2 Å². The van der Waals surface area contributed by atoms with E-state index in [1.807, 2.05) is 0 Å². The summed E-state index contributed by atoms with van der Waals surface area (Å²) in [5.74, 6) is 0.535. The SMILES string of the molecule is CC(C)(C)CN1CC[C@H](CO)C1. The van der Waals surface area contributed by atoms with Crippen LogP contribution >= 0.6 is 0 Å². The maximum atomic E-state index is 8.96. The smallest absolute Gasteiger partial charge is 0.0471 e. The van der Waals surface area contributed by atoms with Gasteiger partial charge in [-0.1, -0.05) is 20.8 Å². The first kappa shape index (κ1) is 10.0. The van der Waals surface area contributed by atoms with Crippen LogP contribution in [0, 0.1) is 11.3 Å². The zero-order valence-corrected chi connectivity index (χ0v) is 8.51. The average Bonchev–Trinajstić information content (AvgIpc) is 2.32. The van der Waals surface area contributed by atoms with Crippen molar-refractivity contribution in [3.05, 3.63) is 0 Å². The number of rotatable bonds is 2. The molecular formula is C10H21NO. The fourth-order valence-electron chi connectivity index (χ4n) is 1.88. The van der Waals surface area contributed by atoms with Gasteiger partial charge in [0, 0.05) is 19.7 Å². The minimum absolute atomic E-state index is 0.362. The maximum absolute atomic E-state index is 8.96. The zero-order chi connectivity index (χ0) is 9.19. The van der Waals surface area contributed by atoms with Crippen LogP contribution < -0.4 is 0 Å². The minimum Gasteiger partial charge on any atom is -0.396 e. The normalized spacial score (nSPS) is 26.5. The first-order valence-electron chi connectivity index (χ1n) is 4.84. The largest absolute Gasteiger partial charge is 0.396 e. The van der Waals surface area contributed by atoms with Crippen molar-refractivity contribution >= 4 is 0 Å². The van der Waals surface area contributed by atoms with E-state index in [-0.39, 0.29) is 0 Å². The molecule has 2 heteroatoms. The number of hydrogen-bond acceptors (Lipinski definition) is 2. The summed E-state index contributed by atoms with van der Waals surface area (Å²) in [5, 5.41) is 8.96. The summed E-state index contributed by atoms with van der Waals surface area (Å²) in [6, 6.07) is 0. The molecule has 1 aliphatic heterocycles. The van der Waals surface area contributed by atoms with E-state index < -0.39 is 0 Å². The molecule has 0 amide bonds. The Hall–Kier alpha value is -0.0800. The molecule has 0 radical (unpaired) electrons. The molecule has 0 aliphatic carbocycles. The first-order valence-corrected chi connectivity index (χ1v) is 4.84. The summed E-state index contributed by atoms with van der Waals surface area (Å²) in [7, 11) is 0. The van der Waals surface area contributed by atoms with Crippen LogP contribution in [0.15, 0.2) is 0 Å². The fraction of sp³-hybridized carbons (Fsp3) is 1.00.